The molecule has 0 aromatic carbocycles. The molecule has 2 heterocycles. The number of nitrogen functional groups attached to an aromatic ring is 1. The molecule has 2 amide bonds. The summed E-state index contributed by atoms with van der Waals surface area (Å²) in [6, 6.07) is -0.556. The van der Waals surface area contributed by atoms with Crippen LogP contribution in [0.5, 0.6) is 0 Å². The molecule has 1 aromatic rings. The second-order valence-corrected chi connectivity index (χ2v) is 6.31. The first-order valence-electron chi connectivity index (χ1n) is 6.93. The fourth-order valence-electron chi connectivity index (χ4n) is 2.21. The van der Waals surface area contributed by atoms with Crippen LogP contribution in [0.2, 0.25) is 0 Å². The van der Waals surface area contributed by atoms with Crippen LogP contribution in [0.1, 0.15) is 29.4 Å². The topological polar surface area (TPSA) is 91.6 Å². The van der Waals surface area contributed by atoms with Crippen molar-refractivity contribution in [2.75, 3.05) is 37.8 Å². The Kier molecular flexibility index (Phi) is 4.66. The number of hydrogen-bond donors (Lipinski definition) is 2. The zero-order valence-corrected chi connectivity index (χ0v) is 13.4. The summed E-state index contributed by atoms with van der Waals surface area (Å²) in [6.45, 7) is 3.24. The highest BCUT2D eigenvalue weighted by Gasteiger charge is 2.26. The highest BCUT2D eigenvalue weighted by atomic mass is 32.1. The molecule has 3 N–H and O–H groups in total. The van der Waals surface area contributed by atoms with E-state index in [1.165, 1.54) is 11.3 Å². The lowest BCUT2D eigenvalue weighted by Gasteiger charge is -2.20. The first kappa shape index (κ1) is 15.6. The van der Waals surface area contributed by atoms with Gasteiger partial charge in [0.25, 0.3) is 5.91 Å². The lowest BCUT2D eigenvalue weighted by Crippen LogP contribution is -2.45. The van der Waals surface area contributed by atoms with Crippen molar-refractivity contribution in [2.24, 2.45) is 0 Å². The van der Waals surface area contributed by atoms with Gasteiger partial charge < -0.3 is 20.9 Å². The van der Waals surface area contributed by atoms with Crippen molar-refractivity contribution in [1.29, 1.82) is 0 Å². The number of thiazole rings is 1. The molecule has 1 aromatic heterocycles. The summed E-state index contributed by atoms with van der Waals surface area (Å²) in [5.41, 5.74) is 5.77. The summed E-state index contributed by atoms with van der Waals surface area (Å²) in [6.07, 6.45) is 2.06. The molecule has 21 heavy (non-hydrogen) atoms. The van der Waals surface area contributed by atoms with Crippen LogP contribution in [0.3, 0.4) is 0 Å². The Bertz CT molecular complexity index is 537. The maximum atomic E-state index is 12.2. The third-order valence-electron chi connectivity index (χ3n) is 3.37. The molecule has 0 bridgehead atoms. The highest BCUT2D eigenvalue weighted by Crippen LogP contribution is 2.26. The van der Waals surface area contributed by atoms with Gasteiger partial charge in [-0.15, -0.1) is 0 Å². The number of nitrogens with two attached hydrogens (primary N) is 1. The van der Waals surface area contributed by atoms with Gasteiger partial charge in [-0.2, -0.15) is 0 Å². The van der Waals surface area contributed by atoms with Crippen LogP contribution < -0.4 is 16.0 Å². The zero-order chi connectivity index (χ0) is 15.6. The van der Waals surface area contributed by atoms with Crippen molar-refractivity contribution in [3.8, 4) is 0 Å². The van der Waals surface area contributed by atoms with E-state index in [9.17, 15) is 9.59 Å². The Labute approximate surface area is 128 Å². The van der Waals surface area contributed by atoms with E-state index in [-0.39, 0.29) is 17.6 Å². The number of nitrogens with one attached hydrogen (secondary N) is 1. The second kappa shape index (κ2) is 6.30. The number of carbonyl (C=O) groups excluding carboxylic acids is 2. The monoisotopic (exact) mass is 311 g/mol. The second-order valence-electron chi connectivity index (χ2n) is 5.33. The average molecular weight is 311 g/mol. The van der Waals surface area contributed by atoms with Gasteiger partial charge in [-0.1, -0.05) is 11.3 Å². The maximum absolute atomic E-state index is 12.2. The standard InChI is InChI=1S/C13H21N5O2S/c1-8(12(20)18-6-4-5-7-18)15-11(19)9-10(14)16-13(21-9)17(2)3/h8H,4-7,14H2,1-3H3,(H,15,19). The minimum atomic E-state index is -0.556. The van der Waals surface area contributed by atoms with Gasteiger partial charge in [-0.05, 0) is 19.8 Å². The molecular weight excluding hydrogens is 290 g/mol. The summed E-state index contributed by atoms with van der Waals surface area (Å²) in [4.78, 5) is 32.4. The molecule has 116 valence electrons. The van der Waals surface area contributed by atoms with Gasteiger partial charge in [0.05, 0.1) is 0 Å². The van der Waals surface area contributed by atoms with Crippen molar-refractivity contribution in [3.63, 3.8) is 0 Å². The molecule has 1 aliphatic heterocycles. The molecule has 1 fully saturated rings. The summed E-state index contributed by atoms with van der Waals surface area (Å²) < 4.78 is 0. The molecular formula is C13H21N5O2S. The van der Waals surface area contributed by atoms with E-state index < -0.39 is 6.04 Å². The minimum Gasteiger partial charge on any atom is -0.382 e. The number of rotatable bonds is 4. The number of likely N-dealkylation sites (tertiary alicyclic amines) is 1. The Morgan fingerprint density at radius 2 is 2.00 bits per heavy atom. The number of anilines is 2. The number of amides is 2. The molecule has 1 unspecified atom stereocenters. The molecule has 7 nitrogen and oxygen atoms in total. The summed E-state index contributed by atoms with van der Waals surface area (Å²) >= 11 is 1.21. The van der Waals surface area contributed by atoms with Crippen LogP contribution in [0.4, 0.5) is 10.9 Å². The van der Waals surface area contributed by atoms with Crippen LogP contribution >= 0.6 is 11.3 Å². The fourth-order valence-corrected chi connectivity index (χ4v) is 3.02. The number of aromatic nitrogens is 1. The predicted octanol–water partition coefficient (Wildman–Crippen LogP) is 0.532. The molecule has 0 spiro atoms. The highest BCUT2D eigenvalue weighted by molar-refractivity contribution is 7.18. The van der Waals surface area contributed by atoms with Gasteiger partial charge in [0.15, 0.2) is 5.13 Å². The average Bonchev–Trinajstić information content (AvgIpc) is 3.06. The van der Waals surface area contributed by atoms with Crippen LogP contribution in [-0.2, 0) is 4.79 Å². The van der Waals surface area contributed by atoms with E-state index in [1.54, 1.807) is 16.7 Å². The van der Waals surface area contributed by atoms with Crippen molar-refractivity contribution in [1.82, 2.24) is 15.2 Å². The normalized spacial score (nSPS) is 15.9. The Morgan fingerprint density at radius 3 is 2.52 bits per heavy atom. The minimum absolute atomic E-state index is 0.0447. The Morgan fingerprint density at radius 1 is 1.38 bits per heavy atom. The zero-order valence-electron chi connectivity index (χ0n) is 12.5. The molecule has 1 atom stereocenters. The number of carbonyl (C=O) groups is 2. The van der Waals surface area contributed by atoms with E-state index in [0.29, 0.717) is 10.0 Å². The van der Waals surface area contributed by atoms with Crippen LogP contribution in [0.15, 0.2) is 0 Å². The Balaban J connectivity index is 2.01. The van der Waals surface area contributed by atoms with Crippen LogP contribution in [-0.4, -0.2) is 54.9 Å². The molecule has 0 radical (unpaired) electrons. The third kappa shape index (κ3) is 3.44. The number of nitrogens with zero attached hydrogens (tertiary/aromatic N) is 3. The molecule has 1 saturated heterocycles. The number of hydrogen-bond acceptors (Lipinski definition) is 6. The van der Waals surface area contributed by atoms with Gasteiger partial charge in [-0.25, -0.2) is 4.98 Å². The van der Waals surface area contributed by atoms with E-state index in [4.69, 9.17) is 5.73 Å². The first-order chi connectivity index (χ1) is 9.90. The fraction of sp³-hybridized carbons (Fsp3) is 0.615. The van der Waals surface area contributed by atoms with Crippen molar-refractivity contribution in [2.45, 2.75) is 25.8 Å². The van der Waals surface area contributed by atoms with E-state index in [1.807, 2.05) is 14.1 Å². The van der Waals surface area contributed by atoms with Gasteiger partial charge in [-0.3, -0.25) is 9.59 Å². The van der Waals surface area contributed by atoms with E-state index in [0.717, 1.165) is 25.9 Å². The van der Waals surface area contributed by atoms with E-state index >= 15 is 0 Å². The SMILES string of the molecule is CC(NC(=O)c1sc(N(C)C)nc1N)C(=O)N1CCCC1. The Hall–Kier alpha value is -1.83. The lowest BCUT2D eigenvalue weighted by molar-refractivity contribution is -0.131. The summed E-state index contributed by atoms with van der Waals surface area (Å²) in [5.74, 6) is -0.197. The van der Waals surface area contributed by atoms with Crippen LogP contribution in [0, 0.1) is 0 Å². The van der Waals surface area contributed by atoms with Gasteiger partial charge in [0.2, 0.25) is 5.91 Å². The molecule has 2 rings (SSSR count). The quantitative estimate of drug-likeness (QED) is 0.846. The van der Waals surface area contributed by atoms with Gasteiger partial charge >= 0.3 is 0 Å². The third-order valence-corrected chi connectivity index (χ3v) is 4.60. The predicted molar refractivity (Wildman–Crippen MR) is 83.6 cm³/mol. The van der Waals surface area contributed by atoms with E-state index in [2.05, 4.69) is 10.3 Å². The van der Waals surface area contributed by atoms with Crippen molar-refractivity contribution < 1.29 is 9.59 Å². The van der Waals surface area contributed by atoms with Gasteiger partial charge in [0, 0.05) is 27.2 Å². The smallest absolute Gasteiger partial charge is 0.265 e. The maximum Gasteiger partial charge on any atom is 0.265 e. The van der Waals surface area contributed by atoms with Crippen molar-refractivity contribution >= 4 is 34.1 Å². The summed E-state index contributed by atoms with van der Waals surface area (Å²) in [7, 11) is 3.67. The molecule has 1 aliphatic rings. The first-order valence-corrected chi connectivity index (χ1v) is 7.75. The van der Waals surface area contributed by atoms with Gasteiger partial charge in [0.1, 0.15) is 16.7 Å². The van der Waals surface area contributed by atoms with Crippen molar-refractivity contribution in [3.05, 3.63) is 4.88 Å². The molecule has 0 saturated carbocycles. The van der Waals surface area contributed by atoms with Crippen LogP contribution in [0.25, 0.3) is 0 Å². The summed E-state index contributed by atoms with van der Waals surface area (Å²) in [5, 5.41) is 3.37. The lowest BCUT2D eigenvalue weighted by atomic mass is 10.3. The largest absolute Gasteiger partial charge is 0.382 e. The molecule has 0 aliphatic carbocycles. The molecule has 8 heteroatoms.